The second kappa shape index (κ2) is 6.67. The Hall–Kier alpha value is -1.25. The van der Waals surface area contributed by atoms with Crippen molar-refractivity contribution in [1.82, 2.24) is 4.90 Å². The minimum Gasteiger partial charge on any atom is -0.296 e. The first-order valence-corrected chi connectivity index (χ1v) is 8.72. The fraction of sp³-hybridized carbons (Fsp3) is 0.368. The van der Waals surface area contributed by atoms with E-state index in [0.29, 0.717) is 12.0 Å². The van der Waals surface area contributed by atoms with Gasteiger partial charge in [-0.1, -0.05) is 48.5 Å². The fourth-order valence-electron chi connectivity index (χ4n) is 2.94. The molecule has 0 N–H and O–H groups in total. The number of rotatable bonds is 5. The first kappa shape index (κ1) is 14.7. The predicted octanol–water partition coefficient (Wildman–Crippen LogP) is 4.79. The lowest BCUT2D eigenvalue weighted by molar-refractivity contribution is 0.203. The summed E-state index contributed by atoms with van der Waals surface area (Å²) in [6.45, 7) is 6.80. The molecule has 0 aliphatic carbocycles. The van der Waals surface area contributed by atoms with Gasteiger partial charge < -0.3 is 0 Å². The summed E-state index contributed by atoms with van der Waals surface area (Å²) in [4.78, 5) is 4.08. The largest absolute Gasteiger partial charge is 0.296 e. The molecule has 0 saturated heterocycles. The van der Waals surface area contributed by atoms with Crippen LogP contribution in [0.3, 0.4) is 0 Å². The Labute approximate surface area is 132 Å². The van der Waals surface area contributed by atoms with Crippen LogP contribution >= 0.6 is 11.8 Å². The average molecular weight is 297 g/mol. The maximum atomic E-state index is 2.60. The van der Waals surface area contributed by atoms with Crippen LogP contribution in [0.4, 0.5) is 0 Å². The number of hydrogen-bond acceptors (Lipinski definition) is 2. The highest BCUT2D eigenvalue weighted by atomic mass is 32.2. The van der Waals surface area contributed by atoms with Crippen LogP contribution in [0.25, 0.3) is 0 Å². The van der Waals surface area contributed by atoms with E-state index in [0.717, 1.165) is 13.1 Å². The molecular weight excluding hydrogens is 274 g/mol. The summed E-state index contributed by atoms with van der Waals surface area (Å²) in [6.07, 6.45) is 0. The highest BCUT2D eigenvalue weighted by Gasteiger charge is 2.25. The summed E-state index contributed by atoms with van der Waals surface area (Å²) >= 11 is 2.01. The van der Waals surface area contributed by atoms with Crippen LogP contribution in [-0.2, 0) is 6.54 Å². The van der Waals surface area contributed by atoms with Crippen molar-refractivity contribution in [1.29, 1.82) is 0 Å². The van der Waals surface area contributed by atoms with Gasteiger partial charge in [-0.15, -0.1) is 11.8 Å². The van der Waals surface area contributed by atoms with Crippen LogP contribution in [0.2, 0.25) is 0 Å². The van der Waals surface area contributed by atoms with E-state index in [-0.39, 0.29) is 0 Å². The summed E-state index contributed by atoms with van der Waals surface area (Å²) in [5.41, 5.74) is 2.95. The number of benzene rings is 2. The molecule has 1 atom stereocenters. The Morgan fingerprint density at radius 3 is 2.52 bits per heavy atom. The molecule has 0 saturated carbocycles. The van der Waals surface area contributed by atoms with Gasteiger partial charge in [0.2, 0.25) is 0 Å². The number of hydrogen-bond donors (Lipinski definition) is 0. The Morgan fingerprint density at radius 1 is 1.05 bits per heavy atom. The van der Waals surface area contributed by atoms with Crippen molar-refractivity contribution < 1.29 is 0 Å². The van der Waals surface area contributed by atoms with Gasteiger partial charge in [-0.3, -0.25) is 4.90 Å². The molecule has 0 amide bonds. The Kier molecular flexibility index (Phi) is 4.67. The molecule has 1 unspecified atom stereocenters. The lowest BCUT2D eigenvalue weighted by atomic mass is 10.00. The average Bonchev–Trinajstić information content (AvgIpc) is 2.91. The van der Waals surface area contributed by atoms with Gasteiger partial charge in [0.1, 0.15) is 0 Å². The van der Waals surface area contributed by atoms with E-state index in [9.17, 15) is 0 Å². The van der Waals surface area contributed by atoms with E-state index in [1.54, 1.807) is 5.56 Å². The normalized spacial score (nSPS) is 17.4. The predicted molar refractivity (Wildman–Crippen MR) is 91.9 cm³/mol. The van der Waals surface area contributed by atoms with Crippen LogP contribution in [0.15, 0.2) is 59.5 Å². The van der Waals surface area contributed by atoms with Gasteiger partial charge in [-0.25, -0.2) is 0 Å². The third-order valence-electron chi connectivity index (χ3n) is 4.21. The smallest absolute Gasteiger partial charge is 0.0236 e. The Morgan fingerprint density at radius 2 is 1.76 bits per heavy atom. The summed E-state index contributed by atoms with van der Waals surface area (Å²) in [5.74, 6) is 1.88. The molecule has 3 rings (SSSR count). The van der Waals surface area contributed by atoms with Gasteiger partial charge in [0, 0.05) is 35.7 Å². The molecule has 0 fully saturated rings. The van der Waals surface area contributed by atoms with Crippen LogP contribution in [-0.4, -0.2) is 23.2 Å². The summed E-state index contributed by atoms with van der Waals surface area (Å²) in [7, 11) is 0. The van der Waals surface area contributed by atoms with Gasteiger partial charge in [0.15, 0.2) is 0 Å². The topological polar surface area (TPSA) is 3.24 Å². The van der Waals surface area contributed by atoms with Crippen molar-refractivity contribution in [2.24, 2.45) is 0 Å². The van der Waals surface area contributed by atoms with Gasteiger partial charge in [0.05, 0.1) is 0 Å². The molecule has 1 heterocycles. The van der Waals surface area contributed by atoms with Crippen molar-refractivity contribution in [2.45, 2.75) is 37.2 Å². The van der Waals surface area contributed by atoms with E-state index < -0.39 is 0 Å². The molecule has 1 aliphatic heterocycles. The van der Waals surface area contributed by atoms with Crippen molar-refractivity contribution in [3.8, 4) is 0 Å². The maximum absolute atomic E-state index is 2.60. The van der Waals surface area contributed by atoms with Crippen LogP contribution < -0.4 is 0 Å². The van der Waals surface area contributed by atoms with Crippen LogP contribution in [0, 0.1) is 0 Å². The molecule has 0 radical (unpaired) electrons. The van der Waals surface area contributed by atoms with E-state index in [1.807, 2.05) is 11.8 Å². The van der Waals surface area contributed by atoms with E-state index in [4.69, 9.17) is 0 Å². The van der Waals surface area contributed by atoms with Crippen molar-refractivity contribution in [3.05, 3.63) is 65.7 Å². The van der Waals surface area contributed by atoms with E-state index in [1.165, 1.54) is 16.2 Å². The fourth-order valence-corrected chi connectivity index (χ4v) is 4.18. The molecule has 0 spiro atoms. The van der Waals surface area contributed by atoms with Crippen molar-refractivity contribution in [2.75, 3.05) is 12.3 Å². The molecular formula is C19H23NS. The number of nitrogens with zero attached hydrogens (tertiary/aromatic N) is 1. The van der Waals surface area contributed by atoms with E-state index >= 15 is 0 Å². The lowest BCUT2D eigenvalue weighted by Gasteiger charge is -2.29. The first-order valence-electron chi connectivity index (χ1n) is 7.73. The van der Waals surface area contributed by atoms with Crippen LogP contribution in [0.1, 0.15) is 30.9 Å². The molecule has 0 bridgehead atoms. The second-order valence-electron chi connectivity index (χ2n) is 6.05. The first-order chi connectivity index (χ1) is 10.2. The monoisotopic (exact) mass is 297 g/mol. The zero-order chi connectivity index (χ0) is 14.7. The third kappa shape index (κ3) is 3.50. The SMILES string of the molecule is CC(C)N(Cc1ccccc1)CC1CSc2ccccc21. The van der Waals surface area contributed by atoms with E-state index in [2.05, 4.69) is 73.3 Å². The molecule has 110 valence electrons. The Bertz CT molecular complexity index is 579. The van der Waals surface area contributed by atoms with Crippen LogP contribution in [0.5, 0.6) is 0 Å². The molecule has 21 heavy (non-hydrogen) atoms. The third-order valence-corrected chi connectivity index (χ3v) is 5.46. The molecule has 2 aromatic rings. The number of fused-ring (bicyclic) bond motifs is 1. The van der Waals surface area contributed by atoms with Crippen molar-refractivity contribution >= 4 is 11.8 Å². The minimum absolute atomic E-state index is 0.572. The van der Waals surface area contributed by atoms with Crippen molar-refractivity contribution in [3.63, 3.8) is 0 Å². The lowest BCUT2D eigenvalue weighted by Crippen LogP contribution is -2.34. The summed E-state index contributed by atoms with van der Waals surface area (Å²) in [6, 6.07) is 20.3. The highest BCUT2D eigenvalue weighted by molar-refractivity contribution is 7.99. The number of thioether (sulfide) groups is 1. The van der Waals surface area contributed by atoms with Gasteiger partial charge in [-0.05, 0) is 31.0 Å². The Balaban J connectivity index is 1.72. The quantitative estimate of drug-likeness (QED) is 0.781. The zero-order valence-corrected chi connectivity index (χ0v) is 13.6. The minimum atomic E-state index is 0.572. The molecule has 1 nitrogen and oxygen atoms in total. The summed E-state index contributed by atoms with van der Waals surface area (Å²) in [5, 5.41) is 0. The molecule has 1 aliphatic rings. The molecule has 0 aromatic heterocycles. The van der Waals surface area contributed by atoms with Gasteiger partial charge in [0.25, 0.3) is 0 Å². The molecule has 2 heteroatoms. The zero-order valence-electron chi connectivity index (χ0n) is 12.8. The molecule has 2 aromatic carbocycles. The second-order valence-corrected chi connectivity index (χ2v) is 7.12. The summed E-state index contributed by atoms with van der Waals surface area (Å²) < 4.78 is 0. The highest BCUT2D eigenvalue weighted by Crippen LogP contribution is 2.39. The van der Waals surface area contributed by atoms with Gasteiger partial charge in [-0.2, -0.15) is 0 Å². The maximum Gasteiger partial charge on any atom is 0.0236 e. The van der Waals surface area contributed by atoms with Gasteiger partial charge >= 0.3 is 0 Å². The standard InChI is InChI=1S/C19H23NS/c1-15(2)20(12-16-8-4-3-5-9-16)13-17-14-21-19-11-7-6-10-18(17)19/h3-11,15,17H,12-14H2,1-2H3.